The van der Waals surface area contributed by atoms with Crippen molar-refractivity contribution in [2.75, 3.05) is 11.9 Å². The van der Waals surface area contributed by atoms with Crippen molar-refractivity contribution in [1.29, 1.82) is 0 Å². The van der Waals surface area contributed by atoms with E-state index < -0.39 is 0 Å². The van der Waals surface area contributed by atoms with E-state index in [1.807, 2.05) is 10.8 Å². The Hall–Kier alpha value is -1.36. The van der Waals surface area contributed by atoms with Crippen LogP contribution in [0, 0.1) is 11.7 Å². The number of rotatable bonds is 4. The van der Waals surface area contributed by atoms with Gasteiger partial charge in [0, 0.05) is 23.4 Å². The van der Waals surface area contributed by atoms with Crippen LogP contribution in [0.2, 0.25) is 0 Å². The van der Waals surface area contributed by atoms with Crippen LogP contribution in [-0.2, 0) is 0 Å². The molecule has 18 heavy (non-hydrogen) atoms. The highest BCUT2D eigenvalue weighted by Gasteiger charge is 2.09. The summed E-state index contributed by atoms with van der Waals surface area (Å²) in [7, 11) is 0. The van der Waals surface area contributed by atoms with Crippen LogP contribution in [0.3, 0.4) is 0 Å². The molecule has 5 heteroatoms. The van der Waals surface area contributed by atoms with Gasteiger partial charge >= 0.3 is 0 Å². The van der Waals surface area contributed by atoms with E-state index in [0.717, 1.165) is 18.2 Å². The Labute approximate surface area is 114 Å². The molecule has 0 saturated carbocycles. The van der Waals surface area contributed by atoms with E-state index in [-0.39, 0.29) is 5.82 Å². The van der Waals surface area contributed by atoms with Crippen LogP contribution in [0.5, 0.6) is 0 Å². The zero-order valence-electron chi connectivity index (χ0n) is 10.3. The molecule has 3 nitrogen and oxygen atoms in total. The maximum absolute atomic E-state index is 13.1. The summed E-state index contributed by atoms with van der Waals surface area (Å²) >= 11 is 3.37. The van der Waals surface area contributed by atoms with Gasteiger partial charge in [0.2, 0.25) is 5.95 Å². The fraction of sp³-hybridized carbons (Fsp3) is 0.308. The summed E-state index contributed by atoms with van der Waals surface area (Å²) < 4.78 is 15.7. The normalized spacial score (nSPS) is 10.9. The first-order chi connectivity index (χ1) is 8.58. The summed E-state index contributed by atoms with van der Waals surface area (Å²) in [6.07, 6.45) is 3.57. The van der Waals surface area contributed by atoms with Crippen molar-refractivity contribution >= 4 is 21.9 Å². The number of hydrogen-bond donors (Lipinski definition) is 1. The molecule has 2 aromatic rings. The van der Waals surface area contributed by atoms with Crippen LogP contribution in [0.4, 0.5) is 10.3 Å². The molecule has 0 aliphatic carbocycles. The van der Waals surface area contributed by atoms with Gasteiger partial charge in [-0.05, 0) is 40.0 Å². The van der Waals surface area contributed by atoms with E-state index >= 15 is 0 Å². The summed E-state index contributed by atoms with van der Waals surface area (Å²) in [4.78, 5) is 4.27. The van der Waals surface area contributed by atoms with E-state index in [2.05, 4.69) is 40.1 Å². The molecule has 0 aliphatic rings. The molecular weight excluding hydrogens is 297 g/mol. The Kier molecular flexibility index (Phi) is 4.01. The van der Waals surface area contributed by atoms with Crippen LogP contribution in [0.1, 0.15) is 13.8 Å². The highest BCUT2D eigenvalue weighted by atomic mass is 79.9. The number of imidazole rings is 1. The Morgan fingerprint density at radius 3 is 2.89 bits per heavy atom. The van der Waals surface area contributed by atoms with Gasteiger partial charge in [0.1, 0.15) is 5.82 Å². The SMILES string of the molecule is CC(C)CNc1nccn1-c1ccc(F)cc1Br. The molecule has 1 aromatic carbocycles. The molecule has 0 unspecified atom stereocenters. The monoisotopic (exact) mass is 311 g/mol. The third kappa shape index (κ3) is 2.90. The van der Waals surface area contributed by atoms with E-state index in [9.17, 15) is 4.39 Å². The molecule has 0 saturated heterocycles. The lowest BCUT2D eigenvalue weighted by Crippen LogP contribution is -2.12. The Bertz CT molecular complexity index is 537. The van der Waals surface area contributed by atoms with Crippen molar-refractivity contribution in [3.63, 3.8) is 0 Å². The average Bonchev–Trinajstić information content (AvgIpc) is 2.74. The molecule has 1 heterocycles. The zero-order valence-corrected chi connectivity index (χ0v) is 11.9. The van der Waals surface area contributed by atoms with E-state index in [1.54, 1.807) is 12.3 Å². The second-order valence-electron chi connectivity index (χ2n) is 4.49. The van der Waals surface area contributed by atoms with Gasteiger partial charge in [-0.1, -0.05) is 13.8 Å². The van der Waals surface area contributed by atoms with Crippen LogP contribution in [-0.4, -0.2) is 16.1 Å². The quantitative estimate of drug-likeness (QED) is 0.929. The summed E-state index contributed by atoms with van der Waals surface area (Å²) in [6, 6.07) is 4.61. The average molecular weight is 312 g/mol. The summed E-state index contributed by atoms with van der Waals surface area (Å²) in [5, 5.41) is 3.27. The first kappa shape index (κ1) is 13.1. The van der Waals surface area contributed by atoms with Crippen LogP contribution in [0.15, 0.2) is 35.1 Å². The van der Waals surface area contributed by atoms with Gasteiger partial charge < -0.3 is 5.32 Å². The van der Waals surface area contributed by atoms with Gasteiger partial charge in [0.15, 0.2) is 0 Å². The molecule has 1 N–H and O–H groups in total. The molecule has 2 rings (SSSR count). The number of nitrogens with zero attached hydrogens (tertiary/aromatic N) is 2. The molecule has 0 bridgehead atoms. The number of aromatic nitrogens is 2. The van der Waals surface area contributed by atoms with E-state index in [4.69, 9.17) is 0 Å². The molecule has 0 aliphatic heterocycles. The van der Waals surface area contributed by atoms with Crippen LogP contribution in [0.25, 0.3) is 5.69 Å². The van der Waals surface area contributed by atoms with Crippen molar-refractivity contribution in [2.24, 2.45) is 5.92 Å². The van der Waals surface area contributed by atoms with Gasteiger partial charge in [-0.2, -0.15) is 0 Å². The van der Waals surface area contributed by atoms with Gasteiger partial charge in [0.25, 0.3) is 0 Å². The number of halogens is 2. The number of hydrogen-bond acceptors (Lipinski definition) is 2. The maximum Gasteiger partial charge on any atom is 0.207 e. The molecule has 96 valence electrons. The fourth-order valence-electron chi connectivity index (χ4n) is 1.60. The lowest BCUT2D eigenvalue weighted by atomic mass is 10.2. The highest BCUT2D eigenvalue weighted by Crippen LogP contribution is 2.24. The van der Waals surface area contributed by atoms with Gasteiger partial charge in [-0.25, -0.2) is 9.37 Å². The zero-order chi connectivity index (χ0) is 13.1. The van der Waals surface area contributed by atoms with Gasteiger partial charge in [0.05, 0.1) is 5.69 Å². The number of nitrogens with one attached hydrogen (secondary N) is 1. The third-order valence-electron chi connectivity index (χ3n) is 2.48. The van der Waals surface area contributed by atoms with Crippen molar-refractivity contribution in [1.82, 2.24) is 9.55 Å². The Morgan fingerprint density at radius 1 is 1.44 bits per heavy atom. The van der Waals surface area contributed by atoms with Crippen LogP contribution < -0.4 is 5.32 Å². The molecule has 0 amide bonds. The smallest absolute Gasteiger partial charge is 0.207 e. The molecular formula is C13H15BrFN3. The van der Waals surface area contributed by atoms with Gasteiger partial charge in [-0.3, -0.25) is 4.57 Å². The van der Waals surface area contributed by atoms with Crippen molar-refractivity contribution in [3.05, 3.63) is 40.9 Å². The predicted octanol–water partition coefficient (Wildman–Crippen LogP) is 3.84. The predicted molar refractivity (Wildman–Crippen MR) is 74.5 cm³/mol. The molecule has 0 radical (unpaired) electrons. The Balaban J connectivity index is 2.30. The summed E-state index contributed by atoms with van der Waals surface area (Å²) in [5.41, 5.74) is 0.861. The second kappa shape index (κ2) is 5.52. The lowest BCUT2D eigenvalue weighted by Gasteiger charge is -2.12. The van der Waals surface area contributed by atoms with Crippen molar-refractivity contribution in [2.45, 2.75) is 13.8 Å². The minimum absolute atomic E-state index is 0.262. The second-order valence-corrected chi connectivity index (χ2v) is 5.35. The first-order valence-corrected chi connectivity index (χ1v) is 6.60. The molecule has 1 aromatic heterocycles. The maximum atomic E-state index is 13.1. The summed E-state index contributed by atoms with van der Waals surface area (Å²) in [5.74, 6) is 1.03. The lowest BCUT2D eigenvalue weighted by molar-refractivity contribution is 0.626. The van der Waals surface area contributed by atoms with E-state index in [1.165, 1.54) is 12.1 Å². The fourth-order valence-corrected chi connectivity index (χ4v) is 2.14. The van der Waals surface area contributed by atoms with Crippen molar-refractivity contribution < 1.29 is 4.39 Å². The standard InChI is InChI=1S/C13H15BrFN3/c1-9(2)8-17-13-16-5-6-18(13)12-4-3-10(15)7-11(12)14/h3-7,9H,8H2,1-2H3,(H,16,17). The molecule has 0 spiro atoms. The van der Waals surface area contributed by atoms with Gasteiger partial charge in [-0.15, -0.1) is 0 Å². The first-order valence-electron chi connectivity index (χ1n) is 5.80. The topological polar surface area (TPSA) is 29.9 Å². The van der Waals surface area contributed by atoms with E-state index in [0.29, 0.717) is 10.4 Å². The number of benzene rings is 1. The highest BCUT2D eigenvalue weighted by molar-refractivity contribution is 9.10. The minimum atomic E-state index is -0.262. The number of anilines is 1. The minimum Gasteiger partial charge on any atom is -0.355 e. The third-order valence-corrected chi connectivity index (χ3v) is 3.11. The van der Waals surface area contributed by atoms with Crippen LogP contribution >= 0.6 is 15.9 Å². The largest absolute Gasteiger partial charge is 0.355 e. The molecule has 0 atom stereocenters. The summed E-state index contributed by atoms with van der Waals surface area (Å²) in [6.45, 7) is 5.11. The molecule has 0 fully saturated rings. The van der Waals surface area contributed by atoms with Crippen molar-refractivity contribution in [3.8, 4) is 5.69 Å². The Morgan fingerprint density at radius 2 is 2.22 bits per heavy atom.